The van der Waals surface area contributed by atoms with Gasteiger partial charge in [-0.3, -0.25) is 4.68 Å². The number of ether oxygens (including phenoxy) is 3. The Morgan fingerprint density at radius 1 is 1.53 bits per heavy atom. The lowest BCUT2D eigenvalue weighted by molar-refractivity contribution is -0.109. The molecule has 19 heavy (non-hydrogen) atoms. The maximum Gasteiger partial charge on any atom is 0.176 e. The zero-order chi connectivity index (χ0) is 13.7. The number of anilines is 1. The minimum absolute atomic E-state index is 0.0513. The molecule has 1 fully saturated rings. The lowest BCUT2D eigenvalue weighted by atomic mass is 10.2. The normalized spacial score (nSPS) is 20.9. The first kappa shape index (κ1) is 14.3. The van der Waals surface area contributed by atoms with E-state index < -0.39 is 0 Å². The van der Waals surface area contributed by atoms with Crippen LogP contribution >= 0.6 is 0 Å². The van der Waals surface area contributed by atoms with Crippen LogP contribution in [0.3, 0.4) is 0 Å². The van der Waals surface area contributed by atoms with Crippen LogP contribution in [0.4, 0.5) is 5.69 Å². The van der Waals surface area contributed by atoms with Gasteiger partial charge in [-0.1, -0.05) is 0 Å². The van der Waals surface area contributed by atoms with Crippen LogP contribution in [0.2, 0.25) is 0 Å². The van der Waals surface area contributed by atoms with E-state index in [0.29, 0.717) is 6.10 Å². The SMILES string of the molecule is COC(OC)C(C)Nc1cnn(CC2CCCO2)c1. The maximum atomic E-state index is 5.60. The summed E-state index contributed by atoms with van der Waals surface area (Å²) in [6.07, 6.45) is 6.10. The Kier molecular flexibility index (Phi) is 5.18. The molecule has 2 heterocycles. The van der Waals surface area contributed by atoms with E-state index in [-0.39, 0.29) is 12.3 Å². The van der Waals surface area contributed by atoms with Crippen molar-refractivity contribution in [2.24, 2.45) is 0 Å². The van der Waals surface area contributed by atoms with Gasteiger partial charge in [0.2, 0.25) is 0 Å². The van der Waals surface area contributed by atoms with Crippen LogP contribution in [-0.2, 0) is 20.8 Å². The number of nitrogens with one attached hydrogen (secondary N) is 1. The summed E-state index contributed by atoms with van der Waals surface area (Å²) in [5.41, 5.74) is 0.963. The first-order valence-electron chi connectivity index (χ1n) is 6.69. The van der Waals surface area contributed by atoms with E-state index >= 15 is 0 Å². The zero-order valence-electron chi connectivity index (χ0n) is 11.8. The minimum atomic E-state index is -0.276. The molecule has 1 aromatic heterocycles. The van der Waals surface area contributed by atoms with Crippen LogP contribution in [0.15, 0.2) is 12.4 Å². The predicted molar refractivity (Wildman–Crippen MR) is 72.1 cm³/mol. The van der Waals surface area contributed by atoms with Gasteiger partial charge < -0.3 is 19.5 Å². The quantitative estimate of drug-likeness (QED) is 0.760. The number of nitrogens with zero attached hydrogens (tertiary/aromatic N) is 2. The highest BCUT2D eigenvalue weighted by atomic mass is 16.7. The van der Waals surface area contributed by atoms with Gasteiger partial charge in [0.1, 0.15) is 0 Å². The molecule has 0 aromatic carbocycles. The fourth-order valence-electron chi connectivity index (χ4n) is 2.37. The second kappa shape index (κ2) is 6.88. The average molecular weight is 269 g/mol. The highest BCUT2D eigenvalue weighted by Gasteiger charge is 2.18. The Bertz CT molecular complexity index is 373. The highest BCUT2D eigenvalue weighted by Crippen LogP contribution is 2.15. The summed E-state index contributed by atoms with van der Waals surface area (Å²) in [7, 11) is 3.26. The standard InChI is InChI=1S/C13H23N3O3/c1-10(13(17-2)18-3)15-11-7-14-16(8-11)9-12-5-4-6-19-12/h7-8,10,12-13,15H,4-6,9H2,1-3H3. The van der Waals surface area contributed by atoms with Crippen molar-refractivity contribution in [3.8, 4) is 0 Å². The molecule has 1 N–H and O–H groups in total. The number of hydrogen-bond donors (Lipinski definition) is 1. The van der Waals surface area contributed by atoms with E-state index in [1.54, 1.807) is 14.2 Å². The summed E-state index contributed by atoms with van der Waals surface area (Å²) in [6.45, 7) is 3.70. The second-order valence-electron chi connectivity index (χ2n) is 4.86. The smallest absolute Gasteiger partial charge is 0.176 e. The third-order valence-electron chi connectivity index (χ3n) is 3.32. The van der Waals surface area contributed by atoms with E-state index in [9.17, 15) is 0 Å². The Labute approximate surface area is 114 Å². The van der Waals surface area contributed by atoms with Crippen molar-refractivity contribution in [2.75, 3.05) is 26.1 Å². The predicted octanol–water partition coefficient (Wildman–Crippen LogP) is 1.48. The lowest BCUT2D eigenvalue weighted by Gasteiger charge is -2.22. The third-order valence-corrected chi connectivity index (χ3v) is 3.32. The van der Waals surface area contributed by atoms with E-state index in [1.165, 1.54) is 0 Å². The molecule has 2 unspecified atom stereocenters. The van der Waals surface area contributed by atoms with Gasteiger partial charge in [0.25, 0.3) is 0 Å². The van der Waals surface area contributed by atoms with E-state index in [1.807, 2.05) is 24.0 Å². The second-order valence-corrected chi connectivity index (χ2v) is 4.86. The van der Waals surface area contributed by atoms with Crippen LogP contribution in [-0.4, -0.2) is 49.0 Å². The molecule has 2 atom stereocenters. The highest BCUT2D eigenvalue weighted by molar-refractivity contribution is 5.39. The Hall–Kier alpha value is -1.11. The molecule has 6 heteroatoms. The summed E-state index contributed by atoms with van der Waals surface area (Å²) in [6, 6.07) is 0.0513. The molecule has 108 valence electrons. The van der Waals surface area contributed by atoms with Crippen LogP contribution in [0.25, 0.3) is 0 Å². The summed E-state index contributed by atoms with van der Waals surface area (Å²) >= 11 is 0. The van der Waals surface area contributed by atoms with Gasteiger partial charge in [0.15, 0.2) is 6.29 Å². The van der Waals surface area contributed by atoms with Gasteiger partial charge in [-0.05, 0) is 19.8 Å². The molecule has 0 radical (unpaired) electrons. The van der Waals surface area contributed by atoms with Crippen LogP contribution in [0, 0.1) is 0 Å². The van der Waals surface area contributed by atoms with Crippen molar-refractivity contribution in [1.29, 1.82) is 0 Å². The fourth-order valence-corrected chi connectivity index (χ4v) is 2.37. The molecule has 0 amide bonds. The van der Waals surface area contributed by atoms with Gasteiger partial charge in [-0.2, -0.15) is 5.10 Å². The van der Waals surface area contributed by atoms with Crippen molar-refractivity contribution in [3.05, 3.63) is 12.4 Å². The lowest BCUT2D eigenvalue weighted by Crippen LogP contribution is -2.33. The van der Waals surface area contributed by atoms with Crippen LogP contribution in [0.1, 0.15) is 19.8 Å². The van der Waals surface area contributed by atoms with Crippen LogP contribution in [0.5, 0.6) is 0 Å². The molecule has 0 bridgehead atoms. The minimum Gasteiger partial charge on any atom is -0.376 e. The molecule has 6 nitrogen and oxygen atoms in total. The Morgan fingerprint density at radius 2 is 2.32 bits per heavy atom. The number of rotatable bonds is 7. The van der Waals surface area contributed by atoms with E-state index in [2.05, 4.69) is 10.4 Å². The summed E-state index contributed by atoms with van der Waals surface area (Å²) in [4.78, 5) is 0. The molecular formula is C13H23N3O3. The summed E-state index contributed by atoms with van der Waals surface area (Å²) < 4.78 is 17.9. The molecular weight excluding hydrogens is 246 g/mol. The molecule has 0 saturated carbocycles. The molecule has 1 aromatic rings. The topological polar surface area (TPSA) is 57.5 Å². The van der Waals surface area contributed by atoms with Crippen molar-refractivity contribution < 1.29 is 14.2 Å². The molecule has 0 spiro atoms. The van der Waals surface area contributed by atoms with E-state index in [0.717, 1.165) is 31.7 Å². The maximum absolute atomic E-state index is 5.60. The van der Waals surface area contributed by atoms with Crippen molar-refractivity contribution >= 4 is 5.69 Å². The number of aromatic nitrogens is 2. The molecule has 1 saturated heterocycles. The van der Waals surface area contributed by atoms with Gasteiger partial charge in [0, 0.05) is 27.0 Å². The first-order valence-corrected chi connectivity index (χ1v) is 6.69. The van der Waals surface area contributed by atoms with Gasteiger partial charge in [-0.25, -0.2) is 0 Å². The Balaban J connectivity index is 1.85. The average Bonchev–Trinajstić information content (AvgIpc) is 3.03. The van der Waals surface area contributed by atoms with Gasteiger partial charge in [-0.15, -0.1) is 0 Å². The molecule has 2 rings (SSSR count). The van der Waals surface area contributed by atoms with Crippen molar-refractivity contribution in [3.63, 3.8) is 0 Å². The summed E-state index contributed by atoms with van der Waals surface area (Å²) in [5.74, 6) is 0. The number of methoxy groups -OCH3 is 2. The molecule has 1 aliphatic rings. The first-order chi connectivity index (χ1) is 9.22. The largest absolute Gasteiger partial charge is 0.376 e. The van der Waals surface area contributed by atoms with Crippen molar-refractivity contribution in [2.45, 2.75) is 44.7 Å². The van der Waals surface area contributed by atoms with Gasteiger partial charge in [0.05, 0.1) is 30.6 Å². The zero-order valence-corrected chi connectivity index (χ0v) is 11.8. The monoisotopic (exact) mass is 269 g/mol. The molecule has 1 aliphatic heterocycles. The van der Waals surface area contributed by atoms with Crippen molar-refractivity contribution in [1.82, 2.24) is 9.78 Å². The number of hydrogen-bond acceptors (Lipinski definition) is 5. The van der Waals surface area contributed by atoms with E-state index in [4.69, 9.17) is 14.2 Å². The van der Waals surface area contributed by atoms with Gasteiger partial charge >= 0.3 is 0 Å². The Morgan fingerprint density at radius 3 is 2.95 bits per heavy atom. The fraction of sp³-hybridized carbons (Fsp3) is 0.769. The third kappa shape index (κ3) is 3.92. The van der Waals surface area contributed by atoms with Crippen LogP contribution < -0.4 is 5.32 Å². The molecule has 0 aliphatic carbocycles. The summed E-state index contributed by atoms with van der Waals surface area (Å²) in [5, 5.41) is 7.65.